The van der Waals surface area contributed by atoms with Gasteiger partial charge in [0, 0.05) is 19.5 Å². The molecule has 0 radical (unpaired) electrons. The van der Waals surface area contributed by atoms with E-state index in [4.69, 9.17) is 9.47 Å². The molecule has 0 saturated carbocycles. The summed E-state index contributed by atoms with van der Waals surface area (Å²) in [7, 11) is 3.22. The van der Waals surface area contributed by atoms with E-state index in [1.54, 1.807) is 14.2 Å². The third-order valence-electron chi connectivity index (χ3n) is 3.14. The van der Waals surface area contributed by atoms with Crippen molar-refractivity contribution in [3.63, 3.8) is 0 Å². The summed E-state index contributed by atoms with van der Waals surface area (Å²) in [5.74, 6) is 1.47. The van der Waals surface area contributed by atoms with Gasteiger partial charge in [-0.3, -0.25) is 4.79 Å². The van der Waals surface area contributed by atoms with Gasteiger partial charge in [-0.15, -0.1) is 12.4 Å². The fourth-order valence-corrected chi connectivity index (χ4v) is 1.97. The highest BCUT2D eigenvalue weighted by Crippen LogP contribution is 2.27. The number of carbonyl (C=O) groups is 1. The Morgan fingerprint density at radius 1 is 1.09 bits per heavy atom. The first kappa shape index (κ1) is 20.5. The van der Waals surface area contributed by atoms with E-state index in [1.165, 1.54) is 0 Å². The smallest absolute Gasteiger partial charge is 0.220 e. The van der Waals surface area contributed by atoms with E-state index in [0.717, 1.165) is 25.1 Å². The first-order valence-corrected chi connectivity index (χ1v) is 7.39. The van der Waals surface area contributed by atoms with E-state index in [2.05, 4.69) is 17.6 Å². The van der Waals surface area contributed by atoms with Crippen molar-refractivity contribution < 1.29 is 14.3 Å². The van der Waals surface area contributed by atoms with Crippen LogP contribution in [-0.2, 0) is 11.2 Å². The lowest BCUT2D eigenvalue weighted by atomic mass is 10.1. The normalized spacial score (nSPS) is 9.77. The highest BCUT2D eigenvalue weighted by atomic mass is 35.5. The maximum atomic E-state index is 11.7. The Balaban J connectivity index is 0.00000441. The summed E-state index contributed by atoms with van der Waals surface area (Å²) in [6, 6.07) is 5.73. The summed E-state index contributed by atoms with van der Waals surface area (Å²) < 4.78 is 10.4. The zero-order valence-electron chi connectivity index (χ0n) is 13.6. The Labute approximate surface area is 139 Å². The van der Waals surface area contributed by atoms with Crippen LogP contribution in [0, 0.1) is 0 Å². The lowest BCUT2D eigenvalue weighted by Crippen LogP contribution is -2.32. The molecular formula is C16H27ClN2O3. The minimum atomic E-state index is 0. The number of rotatable bonds is 10. The quantitative estimate of drug-likeness (QED) is 0.646. The molecule has 1 aromatic rings. The van der Waals surface area contributed by atoms with Crippen LogP contribution in [-0.4, -0.2) is 39.8 Å². The number of halogens is 1. The second kappa shape index (κ2) is 12.1. The van der Waals surface area contributed by atoms with Gasteiger partial charge in [0.15, 0.2) is 11.5 Å². The maximum Gasteiger partial charge on any atom is 0.220 e. The van der Waals surface area contributed by atoms with Crippen LogP contribution < -0.4 is 20.1 Å². The van der Waals surface area contributed by atoms with Crippen molar-refractivity contribution >= 4 is 18.3 Å². The minimum Gasteiger partial charge on any atom is -0.493 e. The summed E-state index contributed by atoms with van der Waals surface area (Å²) in [5.41, 5.74) is 1.06. The fourth-order valence-electron chi connectivity index (χ4n) is 1.97. The van der Waals surface area contributed by atoms with E-state index in [-0.39, 0.29) is 18.3 Å². The number of carbonyl (C=O) groups excluding carboxylic acids is 1. The highest BCUT2D eigenvalue weighted by molar-refractivity contribution is 5.85. The SMILES string of the molecule is CCCNCCNC(=O)CCc1ccc(OC)c(OC)c1.Cl. The van der Waals surface area contributed by atoms with Gasteiger partial charge >= 0.3 is 0 Å². The van der Waals surface area contributed by atoms with E-state index in [1.807, 2.05) is 18.2 Å². The van der Waals surface area contributed by atoms with Crippen molar-refractivity contribution in [2.75, 3.05) is 33.9 Å². The van der Waals surface area contributed by atoms with Crippen LogP contribution in [0.2, 0.25) is 0 Å². The molecule has 0 heterocycles. The molecular weight excluding hydrogens is 304 g/mol. The molecule has 1 rings (SSSR count). The molecule has 0 aliphatic rings. The van der Waals surface area contributed by atoms with E-state index in [9.17, 15) is 4.79 Å². The Bertz CT molecular complexity index is 441. The second-order valence-corrected chi connectivity index (χ2v) is 4.79. The van der Waals surface area contributed by atoms with Gasteiger partial charge in [-0.25, -0.2) is 0 Å². The molecule has 0 saturated heterocycles. The summed E-state index contributed by atoms with van der Waals surface area (Å²) in [4.78, 5) is 11.7. The monoisotopic (exact) mass is 330 g/mol. The fraction of sp³-hybridized carbons (Fsp3) is 0.562. The molecule has 0 atom stereocenters. The van der Waals surface area contributed by atoms with Crippen LogP contribution in [0.4, 0.5) is 0 Å². The van der Waals surface area contributed by atoms with Gasteiger partial charge in [0.2, 0.25) is 5.91 Å². The second-order valence-electron chi connectivity index (χ2n) is 4.79. The third kappa shape index (κ3) is 7.52. The number of hydrogen-bond acceptors (Lipinski definition) is 4. The molecule has 126 valence electrons. The molecule has 0 bridgehead atoms. The number of amides is 1. The van der Waals surface area contributed by atoms with E-state index < -0.39 is 0 Å². The van der Waals surface area contributed by atoms with Gasteiger partial charge in [0.05, 0.1) is 14.2 Å². The Hall–Kier alpha value is -1.46. The van der Waals surface area contributed by atoms with Gasteiger partial charge in [-0.05, 0) is 37.1 Å². The van der Waals surface area contributed by atoms with Crippen molar-refractivity contribution in [3.05, 3.63) is 23.8 Å². The number of aryl methyl sites for hydroxylation is 1. The van der Waals surface area contributed by atoms with Crippen LogP contribution in [0.3, 0.4) is 0 Å². The van der Waals surface area contributed by atoms with Crippen LogP contribution >= 0.6 is 12.4 Å². The molecule has 0 aliphatic carbocycles. The van der Waals surface area contributed by atoms with Gasteiger partial charge in [0.1, 0.15) is 0 Å². The summed E-state index contributed by atoms with van der Waals surface area (Å²) in [5, 5.41) is 6.15. The third-order valence-corrected chi connectivity index (χ3v) is 3.14. The predicted octanol–water partition coefficient (Wildman–Crippen LogP) is 2.17. The molecule has 0 fully saturated rings. The number of benzene rings is 1. The average molecular weight is 331 g/mol. The van der Waals surface area contributed by atoms with Crippen molar-refractivity contribution in [1.82, 2.24) is 10.6 Å². The van der Waals surface area contributed by atoms with Crippen LogP contribution in [0.1, 0.15) is 25.3 Å². The van der Waals surface area contributed by atoms with E-state index >= 15 is 0 Å². The number of nitrogens with one attached hydrogen (secondary N) is 2. The average Bonchev–Trinajstić information content (AvgIpc) is 2.52. The largest absolute Gasteiger partial charge is 0.493 e. The summed E-state index contributed by atoms with van der Waals surface area (Å²) in [6.45, 7) is 4.59. The first-order chi connectivity index (χ1) is 10.2. The molecule has 0 aliphatic heterocycles. The maximum absolute atomic E-state index is 11.7. The van der Waals surface area contributed by atoms with Crippen LogP contribution in [0.15, 0.2) is 18.2 Å². The van der Waals surface area contributed by atoms with Crippen molar-refractivity contribution in [2.24, 2.45) is 0 Å². The Morgan fingerprint density at radius 2 is 1.82 bits per heavy atom. The summed E-state index contributed by atoms with van der Waals surface area (Å²) in [6.07, 6.45) is 2.27. The van der Waals surface area contributed by atoms with Gasteiger partial charge < -0.3 is 20.1 Å². The molecule has 22 heavy (non-hydrogen) atoms. The standard InChI is InChI=1S/C16H26N2O3.ClH/c1-4-9-17-10-11-18-16(19)8-6-13-5-7-14(20-2)15(12-13)21-3;/h5,7,12,17H,4,6,8-11H2,1-3H3,(H,18,19);1H. The summed E-state index contributed by atoms with van der Waals surface area (Å²) >= 11 is 0. The molecule has 5 nitrogen and oxygen atoms in total. The van der Waals surface area contributed by atoms with Gasteiger partial charge in [-0.1, -0.05) is 13.0 Å². The van der Waals surface area contributed by atoms with Crippen LogP contribution in [0.5, 0.6) is 11.5 Å². The number of methoxy groups -OCH3 is 2. The molecule has 0 unspecified atom stereocenters. The predicted molar refractivity (Wildman–Crippen MR) is 91.3 cm³/mol. The van der Waals surface area contributed by atoms with E-state index in [0.29, 0.717) is 30.9 Å². The number of hydrogen-bond donors (Lipinski definition) is 2. The molecule has 1 amide bonds. The van der Waals surface area contributed by atoms with Gasteiger partial charge in [-0.2, -0.15) is 0 Å². The molecule has 0 spiro atoms. The zero-order chi connectivity index (χ0) is 15.5. The highest BCUT2D eigenvalue weighted by Gasteiger charge is 2.06. The molecule has 0 aromatic heterocycles. The zero-order valence-corrected chi connectivity index (χ0v) is 14.4. The van der Waals surface area contributed by atoms with Crippen molar-refractivity contribution in [2.45, 2.75) is 26.2 Å². The van der Waals surface area contributed by atoms with Gasteiger partial charge in [0.25, 0.3) is 0 Å². The topological polar surface area (TPSA) is 59.6 Å². The number of ether oxygens (including phenoxy) is 2. The van der Waals surface area contributed by atoms with Crippen molar-refractivity contribution in [1.29, 1.82) is 0 Å². The molecule has 6 heteroatoms. The Kier molecular flexibility index (Phi) is 11.3. The van der Waals surface area contributed by atoms with Crippen molar-refractivity contribution in [3.8, 4) is 11.5 Å². The molecule has 2 N–H and O–H groups in total. The minimum absolute atomic E-state index is 0. The first-order valence-electron chi connectivity index (χ1n) is 7.39. The van der Waals surface area contributed by atoms with Crippen LogP contribution in [0.25, 0.3) is 0 Å². The molecule has 1 aromatic carbocycles. The lowest BCUT2D eigenvalue weighted by molar-refractivity contribution is -0.121. The lowest BCUT2D eigenvalue weighted by Gasteiger charge is -2.10. The Morgan fingerprint density at radius 3 is 2.45 bits per heavy atom.